The molecule has 2 aromatic carbocycles. The fourth-order valence-corrected chi connectivity index (χ4v) is 2.20. The SMILES string of the molecule is COc1ccc(/C=N/NC(=O)COc2cc(C)cc(C)c2C)cc1. The van der Waals surface area contributed by atoms with Gasteiger partial charge in [-0.05, 0) is 73.4 Å². The molecule has 0 aliphatic carbocycles. The first-order valence-electron chi connectivity index (χ1n) is 7.66. The number of benzene rings is 2. The number of aryl methyl sites for hydroxylation is 2. The smallest absolute Gasteiger partial charge is 0.277 e. The summed E-state index contributed by atoms with van der Waals surface area (Å²) >= 11 is 0. The Labute approximate surface area is 142 Å². The third-order valence-corrected chi connectivity index (χ3v) is 3.64. The van der Waals surface area contributed by atoms with Crippen LogP contribution in [0.15, 0.2) is 41.5 Å². The maximum atomic E-state index is 11.8. The molecule has 0 aromatic heterocycles. The highest BCUT2D eigenvalue weighted by Crippen LogP contribution is 2.23. The number of nitrogens with zero attached hydrogens (tertiary/aromatic N) is 1. The molecule has 0 heterocycles. The molecule has 5 heteroatoms. The van der Waals surface area contributed by atoms with E-state index in [1.54, 1.807) is 13.3 Å². The standard InChI is InChI=1S/C19H22N2O3/c1-13-9-14(2)15(3)18(10-13)24-12-19(22)21-20-11-16-5-7-17(23-4)8-6-16/h5-11H,12H2,1-4H3,(H,21,22)/b20-11+. The van der Waals surface area contributed by atoms with Crippen LogP contribution < -0.4 is 14.9 Å². The molecule has 0 unspecified atom stereocenters. The Bertz CT molecular complexity index is 737. The monoisotopic (exact) mass is 326 g/mol. The van der Waals surface area contributed by atoms with Crippen LogP contribution in [-0.4, -0.2) is 25.8 Å². The molecule has 5 nitrogen and oxygen atoms in total. The highest BCUT2D eigenvalue weighted by Gasteiger charge is 2.06. The van der Waals surface area contributed by atoms with Gasteiger partial charge in [0.1, 0.15) is 11.5 Å². The number of rotatable bonds is 6. The third kappa shape index (κ3) is 4.84. The van der Waals surface area contributed by atoms with Gasteiger partial charge >= 0.3 is 0 Å². The topological polar surface area (TPSA) is 59.9 Å². The number of hydrogen-bond acceptors (Lipinski definition) is 4. The highest BCUT2D eigenvalue weighted by atomic mass is 16.5. The van der Waals surface area contributed by atoms with E-state index in [1.807, 2.05) is 51.1 Å². The zero-order chi connectivity index (χ0) is 17.5. The van der Waals surface area contributed by atoms with Gasteiger partial charge in [-0.25, -0.2) is 5.43 Å². The lowest BCUT2D eigenvalue weighted by Gasteiger charge is -2.11. The van der Waals surface area contributed by atoms with Crippen LogP contribution in [0.1, 0.15) is 22.3 Å². The number of carbonyl (C=O) groups excluding carboxylic acids is 1. The molecule has 2 rings (SSSR count). The second kappa shape index (κ2) is 8.15. The van der Waals surface area contributed by atoms with Crippen molar-refractivity contribution >= 4 is 12.1 Å². The fraction of sp³-hybridized carbons (Fsp3) is 0.263. The maximum Gasteiger partial charge on any atom is 0.277 e. The number of nitrogens with one attached hydrogen (secondary N) is 1. The average molecular weight is 326 g/mol. The molecule has 0 saturated carbocycles. The second-order valence-corrected chi connectivity index (χ2v) is 5.56. The molecule has 0 saturated heterocycles. The predicted molar refractivity (Wildman–Crippen MR) is 94.9 cm³/mol. The summed E-state index contributed by atoms with van der Waals surface area (Å²) in [6.07, 6.45) is 1.57. The molecular weight excluding hydrogens is 304 g/mol. The Hall–Kier alpha value is -2.82. The van der Waals surface area contributed by atoms with Crippen LogP contribution in [0.2, 0.25) is 0 Å². The minimum absolute atomic E-state index is 0.0797. The number of amides is 1. The van der Waals surface area contributed by atoms with E-state index in [4.69, 9.17) is 9.47 Å². The van der Waals surface area contributed by atoms with Crippen molar-refractivity contribution in [2.75, 3.05) is 13.7 Å². The molecule has 0 atom stereocenters. The Balaban J connectivity index is 1.86. The summed E-state index contributed by atoms with van der Waals surface area (Å²) in [6, 6.07) is 11.4. The number of hydrazone groups is 1. The van der Waals surface area contributed by atoms with E-state index in [1.165, 1.54) is 0 Å². The lowest BCUT2D eigenvalue weighted by atomic mass is 10.1. The fourth-order valence-electron chi connectivity index (χ4n) is 2.20. The van der Waals surface area contributed by atoms with Gasteiger partial charge in [0.25, 0.3) is 5.91 Å². The van der Waals surface area contributed by atoms with Gasteiger partial charge in [0.2, 0.25) is 0 Å². The van der Waals surface area contributed by atoms with E-state index in [2.05, 4.69) is 16.6 Å². The summed E-state index contributed by atoms with van der Waals surface area (Å²) in [7, 11) is 1.61. The molecule has 0 spiro atoms. The number of ether oxygens (including phenoxy) is 2. The molecule has 0 fully saturated rings. The molecule has 126 valence electrons. The van der Waals surface area contributed by atoms with Gasteiger partial charge in [0.15, 0.2) is 6.61 Å². The zero-order valence-electron chi connectivity index (χ0n) is 14.4. The molecule has 0 radical (unpaired) electrons. The van der Waals surface area contributed by atoms with Crippen LogP contribution in [0.25, 0.3) is 0 Å². The van der Waals surface area contributed by atoms with Crippen LogP contribution in [0.4, 0.5) is 0 Å². The van der Waals surface area contributed by atoms with Gasteiger partial charge in [-0.15, -0.1) is 0 Å². The van der Waals surface area contributed by atoms with Crippen molar-refractivity contribution in [2.24, 2.45) is 5.10 Å². The van der Waals surface area contributed by atoms with Crippen LogP contribution in [-0.2, 0) is 4.79 Å². The summed E-state index contributed by atoms with van der Waals surface area (Å²) in [5, 5.41) is 3.92. The van der Waals surface area contributed by atoms with Crippen LogP contribution in [0.3, 0.4) is 0 Å². The molecule has 1 N–H and O–H groups in total. The van der Waals surface area contributed by atoms with Gasteiger partial charge in [-0.3, -0.25) is 4.79 Å². The average Bonchev–Trinajstić information content (AvgIpc) is 2.57. The van der Waals surface area contributed by atoms with Gasteiger partial charge in [-0.1, -0.05) is 6.07 Å². The van der Waals surface area contributed by atoms with Crippen LogP contribution in [0, 0.1) is 20.8 Å². The molecule has 0 bridgehead atoms. The van der Waals surface area contributed by atoms with E-state index >= 15 is 0 Å². The largest absolute Gasteiger partial charge is 0.497 e. The van der Waals surface area contributed by atoms with Crippen LogP contribution >= 0.6 is 0 Å². The van der Waals surface area contributed by atoms with Gasteiger partial charge < -0.3 is 9.47 Å². The first-order chi connectivity index (χ1) is 11.5. The van der Waals surface area contributed by atoms with Gasteiger partial charge in [-0.2, -0.15) is 5.10 Å². The first-order valence-corrected chi connectivity index (χ1v) is 7.66. The highest BCUT2D eigenvalue weighted by molar-refractivity contribution is 5.83. The number of carbonyl (C=O) groups is 1. The summed E-state index contributed by atoms with van der Waals surface area (Å²) in [5.74, 6) is 1.19. The Morgan fingerprint density at radius 1 is 1.17 bits per heavy atom. The Morgan fingerprint density at radius 2 is 1.88 bits per heavy atom. The van der Waals surface area contributed by atoms with Crippen molar-refractivity contribution < 1.29 is 14.3 Å². The molecule has 1 amide bonds. The lowest BCUT2D eigenvalue weighted by Crippen LogP contribution is -2.24. The van der Waals surface area contributed by atoms with E-state index in [-0.39, 0.29) is 12.5 Å². The van der Waals surface area contributed by atoms with E-state index < -0.39 is 0 Å². The quantitative estimate of drug-likeness (QED) is 0.655. The summed E-state index contributed by atoms with van der Waals surface area (Å²) < 4.78 is 10.7. The summed E-state index contributed by atoms with van der Waals surface area (Å²) in [4.78, 5) is 11.8. The van der Waals surface area contributed by atoms with Crippen molar-refractivity contribution in [3.8, 4) is 11.5 Å². The normalized spacial score (nSPS) is 10.7. The molecule has 0 aliphatic heterocycles. The van der Waals surface area contributed by atoms with Crippen molar-refractivity contribution in [3.63, 3.8) is 0 Å². The number of hydrogen-bond donors (Lipinski definition) is 1. The summed E-state index contributed by atoms with van der Waals surface area (Å²) in [6.45, 7) is 5.92. The van der Waals surface area contributed by atoms with E-state index in [0.717, 1.165) is 33.8 Å². The molecular formula is C19H22N2O3. The molecule has 0 aliphatic rings. The van der Waals surface area contributed by atoms with Crippen molar-refractivity contribution in [3.05, 3.63) is 58.7 Å². The van der Waals surface area contributed by atoms with Crippen molar-refractivity contribution in [1.29, 1.82) is 0 Å². The second-order valence-electron chi connectivity index (χ2n) is 5.56. The van der Waals surface area contributed by atoms with E-state index in [9.17, 15) is 4.79 Å². The van der Waals surface area contributed by atoms with Gasteiger partial charge in [0, 0.05) is 0 Å². The van der Waals surface area contributed by atoms with Crippen molar-refractivity contribution in [2.45, 2.75) is 20.8 Å². The maximum absolute atomic E-state index is 11.8. The van der Waals surface area contributed by atoms with Crippen molar-refractivity contribution in [1.82, 2.24) is 5.43 Å². The Morgan fingerprint density at radius 3 is 2.54 bits per heavy atom. The minimum Gasteiger partial charge on any atom is -0.497 e. The van der Waals surface area contributed by atoms with E-state index in [0.29, 0.717) is 0 Å². The zero-order valence-corrected chi connectivity index (χ0v) is 14.4. The molecule has 24 heavy (non-hydrogen) atoms. The minimum atomic E-state index is -0.307. The lowest BCUT2D eigenvalue weighted by molar-refractivity contribution is -0.123. The first kappa shape index (κ1) is 17.5. The Kier molecular flexibility index (Phi) is 5.95. The van der Waals surface area contributed by atoms with Gasteiger partial charge in [0.05, 0.1) is 13.3 Å². The van der Waals surface area contributed by atoms with Crippen LogP contribution in [0.5, 0.6) is 11.5 Å². The summed E-state index contributed by atoms with van der Waals surface area (Å²) in [5.41, 5.74) is 6.60. The third-order valence-electron chi connectivity index (χ3n) is 3.64. The number of methoxy groups -OCH3 is 1. The molecule has 2 aromatic rings. The predicted octanol–water partition coefficient (Wildman–Crippen LogP) is 3.15.